The average molecular weight is 433 g/mol. The first-order valence-corrected chi connectivity index (χ1v) is 11.5. The summed E-state index contributed by atoms with van der Waals surface area (Å²) in [7, 11) is 0. The van der Waals surface area contributed by atoms with Crippen LogP contribution >= 0.6 is 0 Å². The molecule has 0 saturated heterocycles. The first-order chi connectivity index (χ1) is 16.9. The molecule has 0 aliphatic rings. The molecule has 1 heterocycles. The van der Waals surface area contributed by atoms with Gasteiger partial charge in [-0.2, -0.15) is 0 Å². The molecule has 0 amide bonds. The van der Waals surface area contributed by atoms with Gasteiger partial charge in [-0.25, -0.2) is 9.97 Å². The second kappa shape index (κ2) is 7.50. The third-order valence-corrected chi connectivity index (χ3v) is 6.76. The fourth-order valence-electron chi connectivity index (χ4n) is 5.18. The van der Waals surface area contributed by atoms with Crippen molar-refractivity contribution in [3.05, 3.63) is 122 Å². The summed E-state index contributed by atoms with van der Waals surface area (Å²) in [6.45, 7) is 0. The summed E-state index contributed by atoms with van der Waals surface area (Å²) in [5.41, 5.74) is 4.12. The molecule has 2 nitrogen and oxygen atoms in total. The molecule has 0 saturated carbocycles. The van der Waals surface area contributed by atoms with Crippen molar-refractivity contribution in [3.8, 4) is 22.5 Å². The molecule has 2 heteroatoms. The minimum Gasteiger partial charge on any atom is -0.236 e. The molecular weight excluding hydrogens is 412 g/mol. The summed E-state index contributed by atoms with van der Waals surface area (Å²) < 4.78 is 0. The van der Waals surface area contributed by atoms with Crippen LogP contribution in [0.2, 0.25) is 0 Å². The van der Waals surface area contributed by atoms with Crippen LogP contribution in [0, 0.1) is 0 Å². The van der Waals surface area contributed by atoms with E-state index in [9.17, 15) is 0 Å². The predicted molar refractivity (Wildman–Crippen MR) is 143 cm³/mol. The van der Waals surface area contributed by atoms with E-state index in [4.69, 9.17) is 9.97 Å². The van der Waals surface area contributed by atoms with E-state index in [0.717, 1.165) is 22.5 Å². The number of hydrogen-bond acceptors (Lipinski definition) is 2. The highest BCUT2D eigenvalue weighted by Gasteiger charge is 2.13. The fraction of sp³-hybridized carbons (Fsp3) is 0. The van der Waals surface area contributed by atoms with Crippen LogP contribution in [-0.2, 0) is 0 Å². The Morgan fingerprint density at radius 2 is 0.735 bits per heavy atom. The summed E-state index contributed by atoms with van der Waals surface area (Å²) in [5, 5.41) is 9.84. The number of fused-ring (bicyclic) bond motifs is 6. The van der Waals surface area contributed by atoms with Gasteiger partial charge in [0.25, 0.3) is 0 Å². The second-order valence-corrected chi connectivity index (χ2v) is 8.67. The van der Waals surface area contributed by atoms with E-state index >= 15 is 0 Å². The Morgan fingerprint density at radius 3 is 1.21 bits per heavy atom. The molecule has 6 aromatic carbocycles. The average Bonchev–Trinajstić information content (AvgIpc) is 2.92. The maximum Gasteiger partial charge on any atom is 0.116 e. The number of rotatable bonds is 2. The number of hydrogen-bond donors (Lipinski definition) is 0. The zero-order chi connectivity index (χ0) is 22.5. The summed E-state index contributed by atoms with van der Waals surface area (Å²) in [5.74, 6) is 0. The quantitative estimate of drug-likeness (QED) is 0.256. The predicted octanol–water partition coefficient (Wildman–Crippen LogP) is 8.42. The van der Waals surface area contributed by atoms with Gasteiger partial charge in [-0.1, -0.05) is 97.1 Å². The molecule has 0 N–H and O–H groups in total. The fourth-order valence-corrected chi connectivity index (χ4v) is 5.18. The van der Waals surface area contributed by atoms with E-state index in [1.807, 2.05) is 0 Å². The lowest BCUT2D eigenvalue weighted by Gasteiger charge is -2.13. The Hall–Kier alpha value is -4.56. The van der Waals surface area contributed by atoms with Gasteiger partial charge in [0, 0.05) is 11.1 Å². The third-order valence-electron chi connectivity index (χ3n) is 6.76. The molecule has 0 spiro atoms. The summed E-state index contributed by atoms with van der Waals surface area (Å²) in [6.07, 6.45) is 1.69. The summed E-state index contributed by atoms with van der Waals surface area (Å²) in [4.78, 5) is 9.45. The van der Waals surface area contributed by atoms with Crippen LogP contribution in [0.15, 0.2) is 122 Å². The smallest absolute Gasteiger partial charge is 0.116 e. The van der Waals surface area contributed by atoms with Crippen LogP contribution in [0.1, 0.15) is 0 Å². The summed E-state index contributed by atoms with van der Waals surface area (Å²) >= 11 is 0. The zero-order valence-electron chi connectivity index (χ0n) is 18.4. The molecule has 0 aliphatic heterocycles. The first-order valence-electron chi connectivity index (χ1n) is 11.5. The van der Waals surface area contributed by atoms with Crippen molar-refractivity contribution in [2.45, 2.75) is 0 Å². The molecule has 0 atom stereocenters. The van der Waals surface area contributed by atoms with E-state index in [-0.39, 0.29) is 0 Å². The SMILES string of the molecule is c1ccc2c(c1)cc(-c1cc(-c3cc4ccccc4c4ccccc34)ncn1)c1ccccc12. The normalized spacial score (nSPS) is 11.5. The maximum atomic E-state index is 4.72. The molecule has 7 aromatic rings. The van der Waals surface area contributed by atoms with Crippen molar-refractivity contribution in [3.63, 3.8) is 0 Å². The van der Waals surface area contributed by atoms with Gasteiger partial charge in [-0.15, -0.1) is 0 Å². The number of nitrogens with zero attached hydrogens (tertiary/aromatic N) is 2. The highest BCUT2D eigenvalue weighted by atomic mass is 14.8. The van der Waals surface area contributed by atoms with Gasteiger partial charge >= 0.3 is 0 Å². The Labute approximate surface area is 197 Å². The van der Waals surface area contributed by atoms with Gasteiger partial charge in [0.1, 0.15) is 6.33 Å². The van der Waals surface area contributed by atoms with Crippen molar-refractivity contribution in [2.75, 3.05) is 0 Å². The standard InChI is InChI=1S/C32H20N2/c1-3-11-23-21(9-1)17-29(27-15-7-5-13-25(23)27)31-19-32(34-20-33-31)30-18-22-10-2-4-12-24(22)26-14-6-8-16-28(26)30/h1-20H. The number of aromatic nitrogens is 2. The monoisotopic (exact) mass is 432 g/mol. The summed E-state index contributed by atoms with van der Waals surface area (Å²) in [6, 6.07) is 40.9. The van der Waals surface area contributed by atoms with E-state index in [0.29, 0.717) is 0 Å². The Balaban J connectivity index is 1.51. The Kier molecular flexibility index (Phi) is 4.18. The van der Waals surface area contributed by atoms with Crippen molar-refractivity contribution in [1.82, 2.24) is 9.97 Å². The third kappa shape index (κ3) is 2.89. The van der Waals surface area contributed by atoms with Gasteiger partial charge in [-0.05, 0) is 61.3 Å². The van der Waals surface area contributed by atoms with Crippen LogP contribution in [0.25, 0.3) is 65.6 Å². The molecular formula is C32H20N2. The minimum atomic E-state index is 0.934. The molecule has 1 aromatic heterocycles. The van der Waals surface area contributed by atoms with Crippen LogP contribution in [0.4, 0.5) is 0 Å². The second-order valence-electron chi connectivity index (χ2n) is 8.67. The lowest BCUT2D eigenvalue weighted by molar-refractivity contribution is 1.18. The molecule has 0 radical (unpaired) electrons. The van der Waals surface area contributed by atoms with Gasteiger partial charge < -0.3 is 0 Å². The van der Waals surface area contributed by atoms with Crippen LogP contribution in [0.3, 0.4) is 0 Å². The van der Waals surface area contributed by atoms with Gasteiger partial charge in [0.2, 0.25) is 0 Å². The van der Waals surface area contributed by atoms with E-state index in [2.05, 4.69) is 115 Å². The van der Waals surface area contributed by atoms with Crippen molar-refractivity contribution >= 4 is 43.1 Å². The maximum absolute atomic E-state index is 4.72. The van der Waals surface area contributed by atoms with Crippen molar-refractivity contribution in [1.29, 1.82) is 0 Å². The molecule has 0 unspecified atom stereocenters. The van der Waals surface area contributed by atoms with Crippen LogP contribution in [-0.4, -0.2) is 9.97 Å². The molecule has 0 bridgehead atoms. The molecule has 7 rings (SSSR count). The van der Waals surface area contributed by atoms with Crippen molar-refractivity contribution < 1.29 is 0 Å². The topological polar surface area (TPSA) is 25.8 Å². The largest absolute Gasteiger partial charge is 0.236 e. The highest BCUT2D eigenvalue weighted by Crippen LogP contribution is 2.37. The minimum absolute atomic E-state index is 0.934. The molecule has 158 valence electrons. The zero-order valence-corrected chi connectivity index (χ0v) is 18.4. The van der Waals surface area contributed by atoms with E-state index < -0.39 is 0 Å². The Bertz CT molecular complexity index is 1730. The van der Waals surface area contributed by atoms with Crippen LogP contribution in [0.5, 0.6) is 0 Å². The number of benzene rings is 6. The lowest BCUT2D eigenvalue weighted by atomic mass is 9.93. The first kappa shape index (κ1) is 19.0. The molecule has 34 heavy (non-hydrogen) atoms. The van der Waals surface area contributed by atoms with E-state index in [1.165, 1.54) is 43.1 Å². The van der Waals surface area contributed by atoms with Gasteiger partial charge in [-0.3, -0.25) is 0 Å². The van der Waals surface area contributed by atoms with Crippen LogP contribution < -0.4 is 0 Å². The van der Waals surface area contributed by atoms with Crippen molar-refractivity contribution in [2.24, 2.45) is 0 Å². The van der Waals surface area contributed by atoms with Gasteiger partial charge in [0.15, 0.2) is 0 Å². The van der Waals surface area contributed by atoms with E-state index in [1.54, 1.807) is 6.33 Å². The molecule has 0 aliphatic carbocycles. The molecule has 0 fully saturated rings. The van der Waals surface area contributed by atoms with Gasteiger partial charge in [0.05, 0.1) is 11.4 Å². The Morgan fingerprint density at radius 1 is 0.353 bits per heavy atom. The lowest BCUT2D eigenvalue weighted by Crippen LogP contribution is -1.92. The highest BCUT2D eigenvalue weighted by molar-refractivity contribution is 6.15.